The second-order valence-corrected chi connectivity index (χ2v) is 4.69. The molecule has 1 amide bonds. The molecule has 0 aromatic heterocycles. The van der Waals surface area contributed by atoms with Crippen LogP contribution in [0.4, 0.5) is 5.69 Å². The molecule has 5 nitrogen and oxygen atoms in total. The molecule has 0 aliphatic heterocycles. The van der Waals surface area contributed by atoms with Crippen molar-refractivity contribution < 1.29 is 9.53 Å². The van der Waals surface area contributed by atoms with Crippen LogP contribution >= 0.6 is 0 Å². The first-order chi connectivity index (χ1) is 10.0. The predicted molar refractivity (Wildman–Crippen MR) is 80.1 cm³/mol. The number of carbonyl (C=O) groups excluding carboxylic acids is 1. The third-order valence-electron chi connectivity index (χ3n) is 2.85. The summed E-state index contributed by atoms with van der Waals surface area (Å²) in [7, 11) is 3.34. The van der Waals surface area contributed by atoms with Crippen molar-refractivity contribution in [2.45, 2.75) is 0 Å². The second-order valence-electron chi connectivity index (χ2n) is 4.69. The fourth-order valence-corrected chi connectivity index (χ4v) is 1.77. The Hall–Kier alpha value is -3.00. The standard InChI is InChI=1S/C16H15N3O2/c1-19(2)16(20)14-8-5-12(18)9-15(14)21-13-6-3-11(10-17)4-7-13/h3-9H,18H2,1-2H3. The number of amides is 1. The van der Waals surface area contributed by atoms with Gasteiger partial charge < -0.3 is 15.4 Å². The first-order valence-corrected chi connectivity index (χ1v) is 6.30. The number of hydrogen-bond donors (Lipinski definition) is 1. The van der Waals surface area contributed by atoms with Gasteiger partial charge in [0.2, 0.25) is 0 Å². The van der Waals surface area contributed by atoms with Crippen molar-refractivity contribution in [1.29, 1.82) is 5.26 Å². The van der Waals surface area contributed by atoms with Gasteiger partial charge >= 0.3 is 0 Å². The molecule has 0 spiro atoms. The summed E-state index contributed by atoms with van der Waals surface area (Å²) in [6, 6.07) is 13.6. The van der Waals surface area contributed by atoms with E-state index in [2.05, 4.69) is 0 Å². The molecule has 2 rings (SSSR count). The highest BCUT2D eigenvalue weighted by Crippen LogP contribution is 2.28. The molecule has 2 aromatic carbocycles. The van der Waals surface area contributed by atoms with Gasteiger partial charge in [0.1, 0.15) is 11.5 Å². The first-order valence-electron chi connectivity index (χ1n) is 6.30. The maximum atomic E-state index is 12.1. The van der Waals surface area contributed by atoms with Gasteiger partial charge in [-0.3, -0.25) is 4.79 Å². The molecule has 5 heteroatoms. The van der Waals surface area contributed by atoms with Crippen LogP contribution < -0.4 is 10.5 Å². The van der Waals surface area contributed by atoms with Gasteiger partial charge in [0.25, 0.3) is 5.91 Å². The molecule has 2 aromatic rings. The van der Waals surface area contributed by atoms with E-state index >= 15 is 0 Å². The average Bonchev–Trinajstić information content (AvgIpc) is 2.47. The van der Waals surface area contributed by atoms with Gasteiger partial charge in [-0.1, -0.05) is 0 Å². The molecule has 0 aliphatic carbocycles. The van der Waals surface area contributed by atoms with Gasteiger partial charge in [-0.15, -0.1) is 0 Å². The molecular weight excluding hydrogens is 266 g/mol. The van der Waals surface area contributed by atoms with E-state index in [1.165, 1.54) is 4.90 Å². The summed E-state index contributed by atoms with van der Waals surface area (Å²) in [6.07, 6.45) is 0. The lowest BCUT2D eigenvalue weighted by atomic mass is 10.1. The van der Waals surface area contributed by atoms with Crippen molar-refractivity contribution in [3.8, 4) is 17.6 Å². The highest BCUT2D eigenvalue weighted by molar-refractivity contribution is 5.97. The summed E-state index contributed by atoms with van der Waals surface area (Å²) in [5, 5.41) is 8.78. The lowest BCUT2D eigenvalue weighted by Crippen LogP contribution is -2.22. The lowest BCUT2D eigenvalue weighted by molar-refractivity contribution is 0.0825. The summed E-state index contributed by atoms with van der Waals surface area (Å²) in [5.41, 5.74) is 7.23. The van der Waals surface area contributed by atoms with Gasteiger partial charge in [-0.05, 0) is 36.4 Å². The first kappa shape index (κ1) is 14.4. The van der Waals surface area contributed by atoms with Crippen molar-refractivity contribution in [1.82, 2.24) is 4.90 Å². The third-order valence-corrected chi connectivity index (χ3v) is 2.85. The SMILES string of the molecule is CN(C)C(=O)c1ccc(N)cc1Oc1ccc(C#N)cc1. The minimum Gasteiger partial charge on any atom is -0.456 e. The summed E-state index contributed by atoms with van der Waals surface area (Å²) < 4.78 is 5.72. The van der Waals surface area contributed by atoms with Crippen molar-refractivity contribution in [2.75, 3.05) is 19.8 Å². The largest absolute Gasteiger partial charge is 0.456 e. The number of ether oxygens (including phenoxy) is 1. The fourth-order valence-electron chi connectivity index (χ4n) is 1.77. The summed E-state index contributed by atoms with van der Waals surface area (Å²) in [6.45, 7) is 0. The van der Waals surface area contributed by atoms with E-state index < -0.39 is 0 Å². The van der Waals surface area contributed by atoms with Crippen molar-refractivity contribution in [3.63, 3.8) is 0 Å². The molecular formula is C16H15N3O2. The van der Waals surface area contributed by atoms with Gasteiger partial charge in [0, 0.05) is 25.8 Å². The highest BCUT2D eigenvalue weighted by atomic mass is 16.5. The van der Waals surface area contributed by atoms with Crippen LogP contribution in [0.5, 0.6) is 11.5 Å². The maximum Gasteiger partial charge on any atom is 0.257 e. The minimum absolute atomic E-state index is 0.168. The van der Waals surface area contributed by atoms with Gasteiger partial charge in [-0.2, -0.15) is 5.26 Å². The van der Waals surface area contributed by atoms with Crippen LogP contribution in [0.3, 0.4) is 0 Å². The molecule has 0 heterocycles. The van der Waals surface area contributed by atoms with E-state index in [1.807, 2.05) is 6.07 Å². The smallest absolute Gasteiger partial charge is 0.257 e. The lowest BCUT2D eigenvalue weighted by Gasteiger charge is -2.15. The van der Waals surface area contributed by atoms with Crippen LogP contribution in [0, 0.1) is 11.3 Å². The van der Waals surface area contributed by atoms with Crippen LogP contribution in [-0.2, 0) is 0 Å². The Bertz CT molecular complexity index is 700. The number of nitriles is 1. The van der Waals surface area contributed by atoms with E-state index in [-0.39, 0.29) is 5.91 Å². The predicted octanol–water partition coefficient (Wildman–Crippen LogP) is 2.63. The Morgan fingerprint density at radius 3 is 2.43 bits per heavy atom. The van der Waals surface area contributed by atoms with Gasteiger partial charge in [0.15, 0.2) is 0 Å². The Balaban J connectivity index is 2.36. The number of benzene rings is 2. The van der Waals surface area contributed by atoms with E-state index in [4.69, 9.17) is 15.7 Å². The van der Waals surface area contributed by atoms with Gasteiger partial charge in [-0.25, -0.2) is 0 Å². The number of carbonyl (C=O) groups is 1. The zero-order valence-corrected chi connectivity index (χ0v) is 11.8. The van der Waals surface area contributed by atoms with Crippen LogP contribution in [0.15, 0.2) is 42.5 Å². The normalized spacial score (nSPS) is 9.76. The zero-order valence-electron chi connectivity index (χ0n) is 11.8. The molecule has 0 bridgehead atoms. The van der Waals surface area contributed by atoms with Gasteiger partial charge in [0.05, 0.1) is 17.2 Å². The molecule has 0 aliphatic rings. The topological polar surface area (TPSA) is 79.3 Å². The highest BCUT2D eigenvalue weighted by Gasteiger charge is 2.15. The molecule has 0 radical (unpaired) electrons. The van der Waals surface area contributed by atoms with E-state index in [0.29, 0.717) is 28.3 Å². The Kier molecular flexibility index (Phi) is 4.10. The molecule has 0 saturated carbocycles. The Morgan fingerprint density at radius 1 is 1.19 bits per heavy atom. The number of nitrogens with zero attached hydrogens (tertiary/aromatic N) is 2. The Morgan fingerprint density at radius 2 is 1.86 bits per heavy atom. The van der Waals surface area contributed by atoms with Crippen molar-refractivity contribution in [3.05, 3.63) is 53.6 Å². The maximum absolute atomic E-state index is 12.1. The number of nitrogens with two attached hydrogens (primary N) is 1. The summed E-state index contributed by atoms with van der Waals surface area (Å²) in [4.78, 5) is 13.6. The summed E-state index contributed by atoms with van der Waals surface area (Å²) in [5.74, 6) is 0.754. The van der Waals surface area contributed by atoms with E-state index in [1.54, 1.807) is 56.6 Å². The number of rotatable bonds is 3. The molecule has 0 fully saturated rings. The average molecular weight is 281 g/mol. The molecule has 21 heavy (non-hydrogen) atoms. The minimum atomic E-state index is -0.168. The number of nitrogen functional groups attached to an aromatic ring is 1. The second kappa shape index (κ2) is 5.97. The quantitative estimate of drug-likeness (QED) is 0.877. The van der Waals surface area contributed by atoms with Crippen LogP contribution in [-0.4, -0.2) is 24.9 Å². The number of hydrogen-bond acceptors (Lipinski definition) is 4. The molecule has 0 saturated heterocycles. The Labute approximate surface area is 123 Å². The van der Waals surface area contributed by atoms with Crippen LogP contribution in [0.2, 0.25) is 0 Å². The summed E-state index contributed by atoms with van der Waals surface area (Å²) >= 11 is 0. The third kappa shape index (κ3) is 3.31. The van der Waals surface area contributed by atoms with Crippen molar-refractivity contribution in [2.24, 2.45) is 0 Å². The molecule has 106 valence electrons. The monoisotopic (exact) mass is 281 g/mol. The van der Waals surface area contributed by atoms with E-state index in [0.717, 1.165) is 0 Å². The van der Waals surface area contributed by atoms with Crippen LogP contribution in [0.1, 0.15) is 15.9 Å². The molecule has 0 unspecified atom stereocenters. The van der Waals surface area contributed by atoms with Crippen molar-refractivity contribution >= 4 is 11.6 Å². The molecule has 0 atom stereocenters. The van der Waals surface area contributed by atoms with E-state index in [9.17, 15) is 4.79 Å². The molecule has 2 N–H and O–H groups in total. The number of anilines is 1. The van der Waals surface area contributed by atoms with Crippen LogP contribution in [0.25, 0.3) is 0 Å². The zero-order chi connectivity index (χ0) is 15.4. The fraction of sp³-hybridized carbons (Fsp3) is 0.125.